The molecule has 0 atom stereocenters. The van der Waals surface area contributed by atoms with Gasteiger partial charge in [-0.1, -0.05) is 29.8 Å². The van der Waals surface area contributed by atoms with Crippen LogP contribution in [0.3, 0.4) is 0 Å². The van der Waals surface area contributed by atoms with Gasteiger partial charge in [0.1, 0.15) is 5.78 Å². The highest BCUT2D eigenvalue weighted by Gasteiger charge is 2.20. The number of rotatable bonds is 6. The lowest BCUT2D eigenvalue weighted by Crippen LogP contribution is -2.47. The summed E-state index contributed by atoms with van der Waals surface area (Å²) in [5.41, 5.74) is 4.40. The van der Waals surface area contributed by atoms with Gasteiger partial charge in [0, 0.05) is 49.6 Å². The molecule has 0 aliphatic carbocycles. The Labute approximate surface area is 176 Å². The number of ketones is 1. The van der Waals surface area contributed by atoms with Gasteiger partial charge in [0.2, 0.25) is 0 Å². The Balaban J connectivity index is 1.36. The second-order valence-corrected chi connectivity index (χ2v) is 8.33. The van der Waals surface area contributed by atoms with E-state index < -0.39 is 0 Å². The standard InChI is InChI=1S/C23H27ClN4O/c1-16-13-21(24)18(15-19(16)14-17(2)29)7-8-27-9-11-28(12-10-27)23-20-5-3-4-6-22(20)25-26-23/h3-6,13,15H,7-12,14H2,1-2H3,(H,25,26). The highest BCUT2D eigenvalue weighted by atomic mass is 35.5. The van der Waals surface area contributed by atoms with Crippen molar-refractivity contribution >= 4 is 34.1 Å². The van der Waals surface area contributed by atoms with Gasteiger partial charge in [-0.3, -0.25) is 14.8 Å². The van der Waals surface area contributed by atoms with E-state index in [0.717, 1.165) is 72.2 Å². The number of H-pyrrole nitrogens is 1. The number of benzene rings is 2. The molecule has 1 aliphatic rings. The summed E-state index contributed by atoms with van der Waals surface area (Å²) in [5.74, 6) is 1.24. The number of carbonyl (C=O) groups is 1. The van der Waals surface area contributed by atoms with E-state index >= 15 is 0 Å². The fourth-order valence-electron chi connectivity index (χ4n) is 4.07. The molecular formula is C23H27ClN4O. The van der Waals surface area contributed by atoms with Crippen LogP contribution in [-0.2, 0) is 17.6 Å². The Morgan fingerprint density at radius 2 is 1.90 bits per heavy atom. The van der Waals surface area contributed by atoms with Crippen molar-refractivity contribution in [3.8, 4) is 0 Å². The van der Waals surface area contributed by atoms with Crippen molar-refractivity contribution in [3.05, 3.63) is 58.1 Å². The zero-order valence-electron chi connectivity index (χ0n) is 17.0. The normalized spacial score (nSPS) is 15.2. The van der Waals surface area contributed by atoms with Gasteiger partial charge in [0.05, 0.1) is 5.52 Å². The number of aryl methyl sites for hydroxylation is 1. The van der Waals surface area contributed by atoms with Gasteiger partial charge in [-0.15, -0.1) is 0 Å². The molecular weight excluding hydrogens is 384 g/mol. The van der Waals surface area contributed by atoms with Crippen LogP contribution in [0.25, 0.3) is 10.9 Å². The van der Waals surface area contributed by atoms with Crippen molar-refractivity contribution in [2.75, 3.05) is 37.6 Å². The Hall–Kier alpha value is -2.37. The first kappa shape index (κ1) is 19.9. The number of fused-ring (bicyclic) bond motifs is 1. The van der Waals surface area contributed by atoms with Crippen LogP contribution in [-0.4, -0.2) is 53.6 Å². The molecule has 0 bridgehead atoms. The van der Waals surface area contributed by atoms with Gasteiger partial charge in [-0.25, -0.2) is 0 Å². The Bertz CT molecular complexity index is 1020. The molecule has 2 aromatic carbocycles. The summed E-state index contributed by atoms with van der Waals surface area (Å²) >= 11 is 6.48. The zero-order valence-corrected chi connectivity index (χ0v) is 17.8. The van der Waals surface area contributed by atoms with Crippen LogP contribution in [0.15, 0.2) is 36.4 Å². The third kappa shape index (κ3) is 4.46. The number of Topliss-reactive ketones (excluding diaryl/α,β-unsaturated/α-hetero) is 1. The first-order valence-corrected chi connectivity index (χ1v) is 10.6. The van der Waals surface area contributed by atoms with Crippen LogP contribution in [0.2, 0.25) is 5.02 Å². The fraction of sp³-hybridized carbons (Fsp3) is 0.391. The minimum atomic E-state index is 0.184. The highest BCUT2D eigenvalue weighted by molar-refractivity contribution is 6.31. The maximum absolute atomic E-state index is 11.5. The average molecular weight is 411 g/mol. The van der Waals surface area contributed by atoms with Gasteiger partial charge in [0.25, 0.3) is 0 Å². The number of hydrogen-bond acceptors (Lipinski definition) is 4. The SMILES string of the molecule is CC(=O)Cc1cc(CCN2CCN(c3n[nH]c4ccccc34)CC2)c(Cl)cc1C. The number of hydrogen-bond donors (Lipinski definition) is 1. The first-order valence-electron chi connectivity index (χ1n) is 10.2. The highest BCUT2D eigenvalue weighted by Crippen LogP contribution is 2.25. The largest absolute Gasteiger partial charge is 0.352 e. The minimum Gasteiger partial charge on any atom is -0.352 e. The molecule has 0 unspecified atom stereocenters. The topological polar surface area (TPSA) is 52.2 Å². The number of aromatic nitrogens is 2. The molecule has 4 rings (SSSR count). The van der Waals surface area contributed by atoms with Crippen molar-refractivity contribution in [2.24, 2.45) is 0 Å². The summed E-state index contributed by atoms with van der Waals surface area (Å²) in [6.07, 6.45) is 1.38. The number of piperazine rings is 1. The predicted molar refractivity (Wildman–Crippen MR) is 119 cm³/mol. The second-order valence-electron chi connectivity index (χ2n) is 7.92. The van der Waals surface area contributed by atoms with Crippen molar-refractivity contribution in [1.82, 2.24) is 15.1 Å². The smallest absolute Gasteiger partial charge is 0.158 e. The first-order chi connectivity index (χ1) is 14.0. The number of anilines is 1. The van der Waals surface area contributed by atoms with Crippen molar-refractivity contribution in [3.63, 3.8) is 0 Å². The lowest BCUT2D eigenvalue weighted by atomic mass is 9.99. The van der Waals surface area contributed by atoms with E-state index in [2.05, 4.69) is 44.3 Å². The summed E-state index contributed by atoms with van der Waals surface area (Å²) in [5, 5.41) is 9.64. The molecule has 2 heterocycles. The van der Waals surface area contributed by atoms with E-state index in [-0.39, 0.29) is 5.78 Å². The van der Waals surface area contributed by atoms with E-state index in [9.17, 15) is 4.79 Å². The summed E-state index contributed by atoms with van der Waals surface area (Å²) in [6.45, 7) is 8.56. The molecule has 0 saturated carbocycles. The monoisotopic (exact) mass is 410 g/mol. The molecule has 0 spiro atoms. The molecule has 1 aliphatic heterocycles. The molecule has 6 heteroatoms. The summed E-state index contributed by atoms with van der Waals surface area (Å²) < 4.78 is 0. The Kier molecular flexibility index (Phi) is 5.88. The van der Waals surface area contributed by atoms with Crippen molar-refractivity contribution in [1.29, 1.82) is 0 Å². The predicted octanol–water partition coefficient (Wildman–Crippen LogP) is 4.02. The van der Waals surface area contributed by atoms with E-state index in [0.29, 0.717) is 6.42 Å². The molecule has 3 aromatic rings. The summed E-state index contributed by atoms with van der Waals surface area (Å²) in [6, 6.07) is 12.4. The summed E-state index contributed by atoms with van der Waals surface area (Å²) in [7, 11) is 0. The van der Waals surface area contributed by atoms with Gasteiger partial charge < -0.3 is 4.90 Å². The molecule has 5 nitrogen and oxygen atoms in total. The summed E-state index contributed by atoms with van der Waals surface area (Å²) in [4.78, 5) is 16.4. The quantitative estimate of drug-likeness (QED) is 0.666. The van der Waals surface area contributed by atoms with Gasteiger partial charge in [-0.2, -0.15) is 5.10 Å². The second kappa shape index (κ2) is 8.56. The lowest BCUT2D eigenvalue weighted by Gasteiger charge is -2.35. The molecule has 0 radical (unpaired) electrons. The van der Waals surface area contributed by atoms with Crippen LogP contribution in [0.4, 0.5) is 5.82 Å². The minimum absolute atomic E-state index is 0.184. The van der Waals surface area contributed by atoms with Gasteiger partial charge in [0.15, 0.2) is 5.82 Å². The van der Waals surface area contributed by atoms with Crippen LogP contribution in [0, 0.1) is 6.92 Å². The van der Waals surface area contributed by atoms with Gasteiger partial charge >= 0.3 is 0 Å². The zero-order chi connectivity index (χ0) is 20.4. The van der Waals surface area contributed by atoms with Crippen LogP contribution >= 0.6 is 11.6 Å². The van der Waals surface area contributed by atoms with Crippen LogP contribution < -0.4 is 4.90 Å². The molecule has 1 fully saturated rings. The number of nitrogens with zero attached hydrogens (tertiary/aromatic N) is 3. The molecule has 1 aromatic heterocycles. The third-order valence-corrected chi connectivity index (χ3v) is 6.12. The van der Waals surface area contributed by atoms with Gasteiger partial charge in [-0.05, 0) is 55.2 Å². The number of para-hydroxylation sites is 1. The van der Waals surface area contributed by atoms with Crippen molar-refractivity contribution in [2.45, 2.75) is 26.7 Å². The molecule has 1 saturated heterocycles. The third-order valence-electron chi connectivity index (χ3n) is 5.76. The van der Waals surface area contributed by atoms with Crippen molar-refractivity contribution < 1.29 is 4.79 Å². The average Bonchev–Trinajstić information content (AvgIpc) is 3.13. The lowest BCUT2D eigenvalue weighted by molar-refractivity contribution is -0.116. The fourth-order valence-corrected chi connectivity index (χ4v) is 4.38. The van der Waals surface area contributed by atoms with E-state index in [1.807, 2.05) is 19.1 Å². The van der Waals surface area contributed by atoms with E-state index in [4.69, 9.17) is 11.6 Å². The van der Waals surface area contributed by atoms with Crippen LogP contribution in [0.1, 0.15) is 23.6 Å². The number of aromatic amines is 1. The number of carbonyl (C=O) groups excluding carboxylic acids is 1. The molecule has 152 valence electrons. The Morgan fingerprint density at radius 1 is 1.14 bits per heavy atom. The maximum Gasteiger partial charge on any atom is 0.158 e. The molecule has 0 amide bonds. The van der Waals surface area contributed by atoms with Crippen LogP contribution in [0.5, 0.6) is 0 Å². The number of halogens is 1. The number of nitrogens with one attached hydrogen (secondary N) is 1. The Morgan fingerprint density at radius 3 is 2.66 bits per heavy atom. The van der Waals surface area contributed by atoms with E-state index in [1.54, 1.807) is 6.92 Å². The maximum atomic E-state index is 11.5. The molecule has 1 N–H and O–H groups in total. The van der Waals surface area contributed by atoms with E-state index in [1.165, 1.54) is 5.39 Å². The molecule has 29 heavy (non-hydrogen) atoms.